The molecule has 0 amide bonds. The third-order valence-electron chi connectivity index (χ3n) is 2.31. The lowest BCUT2D eigenvalue weighted by Gasteiger charge is -2.17. The van der Waals surface area contributed by atoms with Gasteiger partial charge >= 0.3 is 0 Å². The van der Waals surface area contributed by atoms with Crippen LogP contribution in [-0.2, 0) is 13.0 Å². The Morgan fingerprint density at radius 1 is 1.42 bits per heavy atom. The largest absolute Gasteiger partial charge is 0.312 e. The van der Waals surface area contributed by atoms with Crippen LogP contribution in [0.2, 0.25) is 0 Å². The number of fused-ring (bicyclic) bond motifs is 1. The number of aryl methyl sites for hydroxylation is 1. The lowest BCUT2D eigenvalue weighted by Crippen LogP contribution is -2.24. The molecule has 1 aliphatic heterocycles. The predicted octanol–water partition coefficient (Wildman–Crippen LogP) is 1.78. The van der Waals surface area contributed by atoms with Crippen molar-refractivity contribution in [2.45, 2.75) is 19.9 Å². The molecule has 0 aliphatic carbocycles. The van der Waals surface area contributed by atoms with Crippen LogP contribution in [0.4, 0.5) is 4.39 Å². The van der Waals surface area contributed by atoms with Crippen molar-refractivity contribution < 1.29 is 4.39 Å². The minimum absolute atomic E-state index is 0.0581. The monoisotopic (exact) mass is 165 g/mol. The normalized spacial score (nSPS) is 15.8. The molecule has 1 aromatic rings. The fourth-order valence-electron chi connectivity index (χ4n) is 1.70. The average molecular weight is 165 g/mol. The second-order valence-corrected chi connectivity index (χ2v) is 3.31. The van der Waals surface area contributed by atoms with E-state index in [1.807, 2.05) is 6.92 Å². The molecule has 0 saturated heterocycles. The quantitative estimate of drug-likeness (QED) is 0.618. The van der Waals surface area contributed by atoms with Crippen LogP contribution in [0.1, 0.15) is 16.7 Å². The van der Waals surface area contributed by atoms with Crippen LogP contribution in [0, 0.1) is 12.7 Å². The van der Waals surface area contributed by atoms with Gasteiger partial charge in [0.15, 0.2) is 0 Å². The van der Waals surface area contributed by atoms with Gasteiger partial charge in [-0.3, -0.25) is 0 Å². The first-order chi connectivity index (χ1) is 5.77. The summed E-state index contributed by atoms with van der Waals surface area (Å²) in [6.07, 6.45) is 0.952. The van der Waals surface area contributed by atoms with Gasteiger partial charge in [-0.2, -0.15) is 0 Å². The fraction of sp³-hybridized carbons (Fsp3) is 0.400. The summed E-state index contributed by atoms with van der Waals surface area (Å²) in [5.74, 6) is -0.0581. The molecule has 1 aromatic carbocycles. The van der Waals surface area contributed by atoms with E-state index in [-0.39, 0.29) is 5.82 Å². The smallest absolute Gasteiger partial charge is 0.128 e. The van der Waals surface area contributed by atoms with E-state index in [1.54, 1.807) is 6.07 Å². The van der Waals surface area contributed by atoms with E-state index in [1.165, 1.54) is 5.56 Å². The van der Waals surface area contributed by atoms with Gasteiger partial charge in [-0.25, -0.2) is 4.39 Å². The van der Waals surface area contributed by atoms with E-state index in [2.05, 4.69) is 11.4 Å². The third-order valence-corrected chi connectivity index (χ3v) is 2.31. The van der Waals surface area contributed by atoms with Gasteiger partial charge in [-0.05, 0) is 37.1 Å². The van der Waals surface area contributed by atoms with Crippen molar-refractivity contribution in [3.63, 3.8) is 0 Å². The summed E-state index contributed by atoms with van der Waals surface area (Å²) in [4.78, 5) is 0. The molecule has 0 radical (unpaired) electrons. The van der Waals surface area contributed by atoms with E-state index < -0.39 is 0 Å². The number of hydrogen-bond acceptors (Lipinski definition) is 1. The van der Waals surface area contributed by atoms with Crippen LogP contribution in [0.15, 0.2) is 12.1 Å². The molecule has 0 fully saturated rings. The van der Waals surface area contributed by atoms with E-state index in [4.69, 9.17) is 0 Å². The molecule has 1 heterocycles. The number of nitrogens with one attached hydrogen (secondary N) is 1. The zero-order valence-corrected chi connectivity index (χ0v) is 7.15. The number of rotatable bonds is 0. The maximum atomic E-state index is 13.3. The molecule has 2 rings (SSSR count). The van der Waals surface area contributed by atoms with Gasteiger partial charge in [0.25, 0.3) is 0 Å². The zero-order chi connectivity index (χ0) is 8.55. The first-order valence-electron chi connectivity index (χ1n) is 4.26. The standard InChI is InChI=1S/C10H12FN/c1-7-4-8-2-3-12-6-9(8)10(11)5-7/h4-5,12H,2-3,6H2,1H3. The molecule has 1 nitrogen and oxygen atoms in total. The molecule has 12 heavy (non-hydrogen) atoms. The molecule has 1 N–H and O–H groups in total. The highest BCUT2D eigenvalue weighted by Gasteiger charge is 2.12. The number of hydrogen-bond donors (Lipinski definition) is 1. The van der Waals surface area contributed by atoms with Crippen LogP contribution in [0.25, 0.3) is 0 Å². The average Bonchev–Trinajstić information content (AvgIpc) is 2.04. The summed E-state index contributed by atoms with van der Waals surface area (Å²) in [7, 11) is 0. The van der Waals surface area contributed by atoms with E-state index in [0.29, 0.717) is 6.54 Å². The van der Waals surface area contributed by atoms with Crippen molar-refractivity contribution >= 4 is 0 Å². The maximum Gasteiger partial charge on any atom is 0.128 e. The van der Waals surface area contributed by atoms with Gasteiger partial charge in [0.1, 0.15) is 5.82 Å². The Hall–Kier alpha value is -0.890. The van der Waals surface area contributed by atoms with Crippen molar-refractivity contribution in [3.8, 4) is 0 Å². The van der Waals surface area contributed by atoms with Crippen molar-refractivity contribution in [2.75, 3.05) is 6.54 Å². The zero-order valence-electron chi connectivity index (χ0n) is 7.15. The summed E-state index contributed by atoms with van der Waals surface area (Å²) in [6.45, 7) is 3.59. The van der Waals surface area contributed by atoms with Crippen molar-refractivity contribution in [1.82, 2.24) is 5.32 Å². The summed E-state index contributed by atoms with van der Waals surface area (Å²) < 4.78 is 13.3. The molecule has 1 aliphatic rings. The summed E-state index contributed by atoms with van der Waals surface area (Å²) in [6, 6.07) is 3.69. The lowest BCUT2D eigenvalue weighted by molar-refractivity contribution is 0.562. The molecule has 64 valence electrons. The molecule has 2 heteroatoms. The highest BCUT2D eigenvalue weighted by atomic mass is 19.1. The topological polar surface area (TPSA) is 12.0 Å². The summed E-state index contributed by atoms with van der Waals surface area (Å²) >= 11 is 0. The van der Waals surface area contributed by atoms with Crippen molar-refractivity contribution in [1.29, 1.82) is 0 Å². The fourth-order valence-corrected chi connectivity index (χ4v) is 1.70. The Morgan fingerprint density at radius 2 is 2.25 bits per heavy atom. The van der Waals surface area contributed by atoms with Gasteiger partial charge in [0, 0.05) is 12.1 Å². The minimum Gasteiger partial charge on any atom is -0.312 e. The van der Waals surface area contributed by atoms with Crippen LogP contribution in [0.5, 0.6) is 0 Å². The van der Waals surface area contributed by atoms with Crippen LogP contribution < -0.4 is 5.32 Å². The van der Waals surface area contributed by atoms with E-state index >= 15 is 0 Å². The van der Waals surface area contributed by atoms with Crippen LogP contribution >= 0.6 is 0 Å². The van der Waals surface area contributed by atoms with Gasteiger partial charge in [-0.15, -0.1) is 0 Å². The summed E-state index contributed by atoms with van der Waals surface area (Å²) in [5, 5.41) is 3.16. The van der Waals surface area contributed by atoms with E-state index in [9.17, 15) is 4.39 Å². The SMILES string of the molecule is Cc1cc(F)c2c(c1)CCNC2. The van der Waals surface area contributed by atoms with Crippen molar-refractivity contribution in [3.05, 3.63) is 34.6 Å². The predicted molar refractivity (Wildman–Crippen MR) is 46.5 cm³/mol. The molecule has 0 unspecified atom stereocenters. The maximum absolute atomic E-state index is 13.3. The molecular formula is C10H12FN. The highest BCUT2D eigenvalue weighted by Crippen LogP contribution is 2.19. The molecule has 0 aromatic heterocycles. The first-order valence-corrected chi connectivity index (χ1v) is 4.26. The second-order valence-electron chi connectivity index (χ2n) is 3.31. The lowest BCUT2D eigenvalue weighted by atomic mass is 9.98. The Morgan fingerprint density at radius 3 is 3.08 bits per heavy atom. The Bertz CT molecular complexity index is 307. The van der Waals surface area contributed by atoms with Gasteiger partial charge in [0.2, 0.25) is 0 Å². The Balaban J connectivity index is 2.53. The Labute approximate surface area is 71.6 Å². The molecule has 0 spiro atoms. The van der Waals surface area contributed by atoms with Crippen LogP contribution in [0.3, 0.4) is 0 Å². The molecule has 0 saturated carbocycles. The molecule has 0 bridgehead atoms. The second kappa shape index (κ2) is 2.87. The molecule has 0 atom stereocenters. The Kier molecular flexibility index (Phi) is 1.85. The van der Waals surface area contributed by atoms with Crippen LogP contribution in [-0.4, -0.2) is 6.54 Å². The number of benzene rings is 1. The van der Waals surface area contributed by atoms with Gasteiger partial charge < -0.3 is 5.32 Å². The van der Waals surface area contributed by atoms with Gasteiger partial charge in [0.05, 0.1) is 0 Å². The minimum atomic E-state index is -0.0581. The number of halogens is 1. The van der Waals surface area contributed by atoms with E-state index in [0.717, 1.165) is 24.1 Å². The first kappa shape index (κ1) is 7.74. The van der Waals surface area contributed by atoms with Gasteiger partial charge in [-0.1, -0.05) is 6.07 Å². The third kappa shape index (κ3) is 1.23. The summed E-state index contributed by atoms with van der Waals surface area (Å²) in [5.41, 5.74) is 3.05. The van der Waals surface area contributed by atoms with Crippen molar-refractivity contribution in [2.24, 2.45) is 0 Å². The highest BCUT2D eigenvalue weighted by molar-refractivity contribution is 5.34. The molecular weight excluding hydrogens is 153 g/mol.